The number of benzene rings is 1. The highest BCUT2D eigenvalue weighted by molar-refractivity contribution is 9.10. The standard InChI is InChI=1S/C14H19BrO4/c1-3-4-7-19-14-10(5-6-13(16)17)8-11(15)9-12(14)18-2/h8-9H,3-7H2,1-2H3,(H,16,17). The number of unbranched alkanes of at least 4 members (excludes halogenated alkanes) is 1. The topological polar surface area (TPSA) is 55.8 Å². The number of hydrogen-bond donors (Lipinski definition) is 1. The first-order valence-electron chi connectivity index (χ1n) is 6.29. The predicted octanol–water partition coefficient (Wildman–Crippen LogP) is 3.65. The van der Waals surface area contributed by atoms with Crippen LogP contribution in [0, 0.1) is 0 Å². The highest BCUT2D eigenvalue weighted by atomic mass is 79.9. The molecule has 1 N–H and O–H groups in total. The highest BCUT2D eigenvalue weighted by Gasteiger charge is 2.13. The van der Waals surface area contributed by atoms with Crippen molar-refractivity contribution in [3.63, 3.8) is 0 Å². The van der Waals surface area contributed by atoms with Crippen LogP contribution in [0.3, 0.4) is 0 Å². The average molecular weight is 331 g/mol. The number of carboxylic acids is 1. The second-order valence-electron chi connectivity index (χ2n) is 4.19. The van der Waals surface area contributed by atoms with Crippen molar-refractivity contribution in [1.29, 1.82) is 0 Å². The first-order chi connectivity index (χ1) is 9.08. The van der Waals surface area contributed by atoms with E-state index >= 15 is 0 Å². The molecular weight excluding hydrogens is 312 g/mol. The lowest BCUT2D eigenvalue weighted by molar-refractivity contribution is -0.136. The molecule has 0 bridgehead atoms. The number of aliphatic carboxylic acids is 1. The first-order valence-corrected chi connectivity index (χ1v) is 7.08. The smallest absolute Gasteiger partial charge is 0.303 e. The van der Waals surface area contributed by atoms with Gasteiger partial charge in [0, 0.05) is 10.9 Å². The molecule has 1 aromatic carbocycles. The van der Waals surface area contributed by atoms with Crippen molar-refractivity contribution in [2.24, 2.45) is 0 Å². The largest absolute Gasteiger partial charge is 0.493 e. The van der Waals surface area contributed by atoms with Gasteiger partial charge in [-0.1, -0.05) is 29.3 Å². The van der Waals surface area contributed by atoms with Crippen LogP contribution in [0.5, 0.6) is 11.5 Å². The third kappa shape index (κ3) is 5.11. The van der Waals surface area contributed by atoms with Crippen LogP contribution in [-0.4, -0.2) is 24.8 Å². The minimum Gasteiger partial charge on any atom is -0.493 e. The predicted molar refractivity (Wildman–Crippen MR) is 77.1 cm³/mol. The van der Waals surface area contributed by atoms with Gasteiger partial charge in [-0.05, 0) is 30.5 Å². The van der Waals surface area contributed by atoms with E-state index in [0.717, 1.165) is 22.9 Å². The van der Waals surface area contributed by atoms with E-state index in [-0.39, 0.29) is 6.42 Å². The Kier molecular flexibility index (Phi) is 6.70. The molecule has 1 rings (SSSR count). The fourth-order valence-electron chi connectivity index (χ4n) is 1.68. The Balaban J connectivity index is 2.95. The van der Waals surface area contributed by atoms with Gasteiger partial charge in [-0.25, -0.2) is 0 Å². The van der Waals surface area contributed by atoms with Gasteiger partial charge in [-0.2, -0.15) is 0 Å². The van der Waals surface area contributed by atoms with E-state index in [1.807, 2.05) is 12.1 Å². The molecule has 5 heteroatoms. The molecule has 0 fully saturated rings. The van der Waals surface area contributed by atoms with E-state index in [1.54, 1.807) is 7.11 Å². The second kappa shape index (κ2) is 8.04. The summed E-state index contributed by atoms with van der Waals surface area (Å²) in [6.07, 6.45) is 2.50. The Morgan fingerprint density at radius 1 is 1.42 bits per heavy atom. The molecule has 0 saturated carbocycles. The maximum absolute atomic E-state index is 10.7. The van der Waals surface area contributed by atoms with Gasteiger partial charge in [0.05, 0.1) is 13.7 Å². The molecule has 0 unspecified atom stereocenters. The number of hydrogen-bond acceptors (Lipinski definition) is 3. The Morgan fingerprint density at radius 2 is 2.16 bits per heavy atom. The van der Waals surface area contributed by atoms with Gasteiger partial charge in [0.1, 0.15) is 0 Å². The van der Waals surface area contributed by atoms with Crippen molar-refractivity contribution < 1.29 is 19.4 Å². The zero-order chi connectivity index (χ0) is 14.3. The van der Waals surface area contributed by atoms with Crippen molar-refractivity contribution in [2.75, 3.05) is 13.7 Å². The molecular formula is C14H19BrO4. The van der Waals surface area contributed by atoms with Gasteiger partial charge < -0.3 is 14.6 Å². The maximum atomic E-state index is 10.7. The minimum absolute atomic E-state index is 0.0732. The van der Waals surface area contributed by atoms with Gasteiger partial charge in [0.25, 0.3) is 0 Å². The van der Waals surface area contributed by atoms with Gasteiger partial charge in [-0.3, -0.25) is 4.79 Å². The van der Waals surface area contributed by atoms with Gasteiger partial charge >= 0.3 is 5.97 Å². The number of ether oxygens (including phenoxy) is 2. The van der Waals surface area contributed by atoms with E-state index in [2.05, 4.69) is 22.9 Å². The normalized spacial score (nSPS) is 10.3. The lowest BCUT2D eigenvalue weighted by Crippen LogP contribution is -2.04. The average Bonchev–Trinajstić information content (AvgIpc) is 2.37. The summed E-state index contributed by atoms with van der Waals surface area (Å²) in [5.74, 6) is 0.463. The van der Waals surface area contributed by atoms with Crippen LogP contribution in [0.2, 0.25) is 0 Å². The number of carbonyl (C=O) groups is 1. The Labute approximate surface area is 121 Å². The SMILES string of the molecule is CCCCOc1c(CCC(=O)O)cc(Br)cc1OC. The lowest BCUT2D eigenvalue weighted by atomic mass is 10.1. The zero-order valence-corrected chi connectivity index (χ0v) is 12.8. The number of methoxy groups -OCH3 is 1. The molecule has 1 aromatic rings. The molecule has 106 valence electrons. The fraction of sp³-hybridized carbons (Fsp3) is 0.500. The summed E-state index contributed by atoms with van der Waals surface area (Å²) < 4.78 is 11.9. The van der Waals surface area contributed by atoms with E-state index in [1.165, 1.54) is 0 Å². The van der Waals surface area contributed by atoms with Gasteiger partial charge in [0.15, 0.2) is 11.5 Å². The molecule has 19 heavy (non-hydrogen) atoms. The number of aryl methyl sites for hydroxylation is 1. The Hall–Kier alpha value is -1.23. The van der Waals surface area contributed by atoms with Crippen LogP contribution in [0.1, 0.15) is 31.7 Å². The molecule has 0 aliphatic carbocycles. The van der Waals surface area contributed by atoms with E-state index in [4.69, 9.17) is 14.6 Å². The number of carboxylic acid groups (broad SMARTS) is 1. The molecule has 0 heterocycles. The zero-order valence-electron chi connectivity index (χ0n) is 11.2. The molecule has 0 atom stereocenters. The van der Waals surface area contributed by atoms with Crippen LogP contribution in [0.4, 0.5) is 0 Å². The van der Waals surface area contributed by atoms with Crippen molar-refractivity contribution in [3.05, 3.63) is 22.2 Å². The van der Waals surface area contributed by atoms with E-state index in [0.29, 0.717) is 24.5 Å². The quantitative estimate of drug-likeness (QED) is 0.739. The van der Waals surface area contributed by atoms with Crippen LogP contribution < -0.4 is 9.47 Å². The molecule has 0 radical (unpaired) electrons. The summed E-state index contributed by atoms with van der Waals surface area (Å²) in [7, 11) is 1.58. The van der Waals surface area contributed by atoms with Crippen molar-refractivity contribution >= 4 is 21.9 Å². The van der Waals surface area contributed by atoms with Crippen LogP contribution in [0.25, 0.3) is 0 Å². The Morgan fingerprint density at radius 3 is 2.74 bits per heavy atom. The highest BCUT2D eigenvalue weighted by Crippen LogP contribution is 2.35. The fourth-order valence-corrected chi connectivity index (χ4v) is 2.17. The van der Waals surface area contributed by atoms with Crippen LogP contribution in [0.15, 0.2) is 16.6 Å². The van der Waals surface area contributed by atoms with E-state index < -0.39 is 5.97 Å². The molecule has 0 amide bonds. The minimum atomic E-state index is -0.821. The molecule has 0 saturated heterocycles. The molecule has 0 spiro atoms. The summed E-state index contributed by atoms with van der Waals surface area (Å²) in [5, 5.41) is 8.79. The Bertz CT molecular complexity index is 432. The summed E-state index contributed by atoms with van der Waals surface area (Å²) in [5.41, 5.74) is 0.852. The van der Waals surface area contributed by atoms with Gasteiger partial charge in [0.2, 0.25) is 0 Å². The van der Waals surface area contributed by atoms with Crippen molar-refractivity contribution in [1.82, 2.24) is 0 Å². The summed E-state index contributed by atoms with van der Waals surface area (Å²) in [6.45, 7) is 2.70. The maximum Gasteiger partial charge on any atom is 0.303 e. The monoisotopic (exact) mass is 330 g/mol. The van der Waals surface area contributed by atoms with Crippen molar-refractivity contribution in [3.8, 4) is 11.5 Å². The lowest BCUT2D eigenvalue weighted by Gasteiger charge is -2.15. The summed E-state index contributed by atoms with van der Waals surface area (Å²) in [6, 6.07) is 3.71. The van der Waals surface area contributed by atoms with Gasteiger partial charge in [-0.15, -0.1) is 0 Å². The van der Waals surface area contributed by atoms with Crippen LogP contribution >= 0.6 is 15.9 Å². The van der Waals surface area contributed by atoms with Crippen molar-refractivity contribution in [2.45, 2.75) is 32.6 Å². The van der Waals surface area contributed by atoms with E-state index in [9.17, 15) is 4.79 Å². The molecule has 0 aliphatic rings. The third-order valence-electron chi connectivity index (χ3n) is 2.67. The second-order valence-corrected chi connectivity index (χ2v) is 5.11. The number of halogens is 1. The molecule has 4 nitrogen and oxygen atoms in total. The third-order valence-corrected chi connectivity index (χ3v) is 3.13. The summed E-state index contributed by atoms with van der Waals surface area (Å²) >= 11 is 3.39. The first kappa shape index (κ1) is 15.8. The van der Waals surface area contributed by atoms with Crippen LogP contribution in [-0.2, 0) is 11.2 Å². The molecule has 0 aliphatic heterocycles. The number of rotatable bonds is 8. The summed E-state index contributed by atoms with van der Waals surface area (Å²) in [4.78, 5) is 10.7. The molecule has 0 aromatic heterocycles.